The van der Waals surface area contributed by atoms with Gasteiger partial charge < -0.3 is 5.11 Å². The molecular formula is C15H18N4O2S. The van der Waals surface area contributed by atoms with Gasteiger partial charge in [0.2, 0.25) is 5.16 Å². The van der Waals surface area contributed by atoms with Gasteiger partial charge in [-0.1, -0.05) is 44.7 Å². The van der Waals surface area contributed by atoms with E-state index in [1.54, 1.807) is 30.5 Å². The number of hydrogen-bond acceptors (Lipinski definition) is 6. The van der Waals surface area contributed by atoms with E-state index in [1.165, 1.54) is 22.7 Å². The van der Waals surface area contributed by atoms with Gasteiger partial charge in [0.05, 0.1) is 6.21 Å². The van der Waals surface area contributed by atoms with Crippen molar-refractivity contribution in [2.75, 3.05) is 6.26 Å². The zero-order valence-electron chi connectivity index (χ0n) is 12.9. The van der Waals surface area contributed by atoms with Gasteiger partial charge in [0.25, 0.3) is 5.56 Å². The van der Waals surface area contributed by atoms with Crippen LogP contribution in [0.15, 0.2) is 39.3 Å². The molecule has 0 fully saturated rings. The van der Waals surface area contributed by atoms with Crippen molar-refractivity contribution in [2.45, 2.75) is 31.3 Å². The summed E-state index contributed by atoms with van der Waals surface area (Å²) in [6.45, 7) is 5.69. The second kappa shape index (κ2) is 6.31. The van der Waals surface area contributed by atoms with Crippen molar-refractivity contribution in [3.05, 3.63) is 45.9 Å². The zero-order chi connectivity index (χ0) is 16.3. The van der Waals surface area contributed by atoms with Crippen molar-refractivity contribution in [1.82, 2.24) is 14.9 Å². The lowest BCUT2D eigenvalue weighted by atomic mass is 9.93. The first-order valence-corrected chi connectivity index (χ1v) is 7.93. The SMILES string of the molecule is CSc1nnc(C(C)(C)C)c(=O)n1/N=C/c1ccccc1O. The summed E-state index contributed by atoms with van der Waals surface area (Å²) in [5, 5.41) is 22.4. The molecular weight excluding hydrogens is 300 g/mol. The summed E-state index contributed by atoms with van der Waals surface area (Å²) in [6.07, 6.45) is 3.23. The van der Waals surface area contributed by atoms with E-state index in [0.29, 0.717) is 16.4 Å². The van der Waals surface area contributed by atoms with Gasteiger partial charge in [0.15, 0.2) is 0 Å². The molecule has 0 atom stereocenters. The number of hydrogen-bond donors (Lipinski definition) is 1. The molecule has 0 radical (unpaired) electrons. The molecule has 0 aliphatic heterocycles. The lowest BCUT2D eigenvalue weighted by molar-refractivity contribution is 0.474. The fraction of sp³-hybridized carbons (Fsp3) is 0.333. The van der Waals surface area contributed by atoms with Gasteiger partial charge in [0.1, 0.15) is 11.4 Å². The summed E-state index contributed by atoms with van der Waals surface area (Å²) in [5.74, 6) is 0.100. The van der Waals surface area contributed by atoms with E-state index in [-0.39, 0.29) is 11.3 Å². The Labute approximate surface area is 132 Å². The van der Waals surface area contributed by atoms with Crippen LogP contribution in [0.4, 0.5) is 0 Å². The van der Waals surface area contributed by atoms with Crippen LogP contribution in [0.5, 0.6) is 5.75 Å². The van der Waals surface area contributed by atoms with Crippen LogP contribution in [-0.2, 0) is 5.41 Å². The van der Waals surface area contributed by atoms with E-state index in [9.17, 15) is 9.90 Å². The molecule has 116 valence electrons. The largest absolute Gasteiger partial charge is 0.507 e. The zero-order valence-corrected chi connectivity index (χ0v) is 13.8. The first kappa shape index (κ1) is 16.2. The number of para-hydroxylation sites is 1. The fourth-order valence-electron chi connectivity index (χ4n) is 1.78. The number of rotatable bonds is 3. The third kappa shape index (κ3) is 3.36. The van der Waals surface area contributed by atoms with Gasteiger partial charge in [-0.2, -0.15) is 9.78 Å². The van der Waals surface area contributed by atoms with Crippen LogP contribution in [0.3, 0.4) is 0 Å². The standard InChI is InChI=1S/C15H18N4O2S/c1-15(2,3)12-13(21)19(14(22-4)18-17-12)16-9-10-7-5-6-8-11(10)20/h5-9,20H,1-4H3/b16-9+. The molecule has 6 nitrogen and oxygen atoms in total. The van der Waals surface area contributed by atoms with Gasteiger partial charge in [0, 0.05) is 11.0 Å². The topological polar surface area (TPSA) is 80.4 Å². The fourth-order valence-corrected chi connectivity index (χ4v) is 2.21. The first-order chi connectivity index (χ1) is 10.3. The maximum Gasteiger partial charge on any atom is 0.297 e. The van der Waals surface area contributed by atoms with Crippen LogP contribution < -0.4 is 5.56 Å². The van der Waals surface area contributed by atoms with Crippen LogP contribution in [0.2, 0.25) is 0 Å². The molecule has 2 aromatic rings. The average molecular weight is 318 g/mol. The molecule has 1 aromatic heterocycles. The van der Waals surface area contributed by atoms with Crippen molar-refractivity contribution in [3.8, 4) is 5.75 Å². The summed E-state index contributed by atoms with van der Waals surface area (Å²) >= 11 is 1.28. The molecule has 0 unspecified atom stereocenters. The molecule has 0 spiro atoms. The predicted octanol–water partition coefficient (Wildman–Crippen LogP) is 2.25. The average Bonchev–Trinajstić information content (AvgIpc) is 2.45. The number of aromatic hydroxyl groups is 1. The number of benzene rings is 1. The Morgan fingerprint density at radius 2 is 1.95 bits per heavy atom. The number of phenolic OH excluding ortho intramolecular Hbond substituents is 1. The Balaban J connectivity index is 2.55. The Hall–Kier alpha value is -2.15. The molecule has 0 saturated heterocycles. The van der Waals surface area contributed by atoms with E-state index >= 15 is 0 Å². The minimum absolute atomic E-state index is 0.100. The van der Waals surface area contributed by atoms with Crippen molar-refractivity contribution < 1.29 is 5.11 Å². The molecule has 2 rings (SSSR count). The molecule has 0 saturated carbocycles. The van der Waals surface area contributed by atoms with E-state index < -0.39 is 5.41 Å². The quantitative estimate of drug-likeness (QED) is 0.693. The number of nitrogens with zero attached hydrogens (tertiary/aromatic N) is 4. The normalized spacial score (nSPS) is 12.0. The van der Waals surface area contributed by atoms with Crippen LogP contribution in [0.25, 0.3) is 0 Å². The van der Waals surface area contributed by atoms with Crippen molar-refractivity contribution in [1.29, 1.82) is 0 Å². The molecule has 1 aromatic carbocycles. The van der Waals surface area contributed by atoms with E-state index in [2.05, 4.69) is 15.3 Å². The van der Waals surface area contributed by atoms with Gasteiger partial charge in [-0.3, -0.25) is 4.79 Å². The van der Waals surface area contributed by atoms with Gasteiger partial charge >= 0.3 is 0 Å². The lowest BCUT2D eigenvalue weighted by Crippen LogP contribution is -2.32. The van der Waals surface area contributed by atoms with E-state index in [0.717, 1.165) is 0 Å². The Kier molecular flexibility index (Phi) is 4.65. The first-order valence-electron chi connectivity index (χ1n) is 6.71. The van der Waals surface area contributed by atoms with E-state index in [4.69, 9.17) is 0 Å². The molecule has 0 bridgehead atoms. The van der Waals surface area contributed by atoms with E-state index in [1.807, 2.05) is 20.8 Å². The van der Waals surface area contributed by atoms with Gasteiger partial charge in [-0.05, 0) is 18.4 Å². The highest BCUT2D eigenvalue weighted by Crippen LogP contribution is 2.18. The monoisotopic (exact) mass is 318 g/mol. The highest BCUT2D eigenvalue weighted by Gasteiger charge is 2.23. The molecule has 1 N–H and O–H groups in total. The molecule has 0 aliphatic rings. The van der Waals surface area contributed by atoms with Crippen LogP contribution >= 0.6 is 11.8 Å². The number of phenols is 1. The molecule has 0 amide bonds. The molecule has 22 heavy (non-hydrogen) atoms. The Morgan fingerprint density at radius 1 is 1.27 bits per heavy atom. The predicted molar refractivity (Wildman–Crippen MR) is 87.9 cm³/mol. The molecule has 7 heteroatoms. The Morgan fingerprint density at radius 3 is 2.55 bits per heavy atom. The summed E-state index contributed by atoms with van der Waals surface area (Å²) in [4.78, 5) is 12.6. The Bertz CT molecular complexity index is 763. The van der Waals surface area contributed by atoms with Crippen molar-refractivity contribution in [2.24, 2.45) is 5.10 Å². The van der Waals surface area contributed by atoms with Gasteiger partial charge in [-0.25, -0.2) is 0 Å². The van der Waals surface area contributed by atoms with Crippen molar-refractivity contribution >= 4 is 18.0 Å². The third-order valence-corrected chi connectivity index (χ3v) is 3.57. The third-order valence-electron chi connectivity index (χ3n) is 2.95. The van der Waals surface area contributed by atoms with Crippen LogP contribution in [-0.4, -0.2) is 32.5 Å². The summed E-state index contributed by atoms with van der Waals surface area (Å²) < 4.78 is 1.21. The molecule has 0 aliphatic carbocycles. The summed E-state index contributed by atoms with van der Waals surface area (Å²) in [5.41, 5.74) is 0.140. The summed E-state index contributed by atoms with van der Waals surface area (Å²) in [7, 11) is 0. The minimum Gasteiger partial charge on any atom is -0.507 e. The molecule has 1 heterocycles. The maximum absolute atomic E-state index is 12.6. The second-order valence-corrected chi connectivity index (χ2v) is 6.48. The number of aromatic nitrogens is 3. The van der Waals surface area contributed by atoms with Gasteiger partial charge in [-0.15, -0.1) is 10.2 Å². The van der Waals surface area contributed by atoms with Crippen LogP contribution in [0.1, 0.15) is 32.0 Å². The maximum atomic E-state index is 12.6. The highest BCUT2D eigenvalue weighted by atomic mass is 32.2. The second-order valence-electron chi connectivity index (χ2n) is 5.71. The smallest absolute Gasteiger partial charge is 0.297 e. The minimum atomic E-state index is -0.423. The summed E-state index contributed by atoms with van der Waals surface area (Å²) in [6, 6.07) is 6.77. The lowest BCUT2D eigenvalue weighted by Gasteiger charge is -2.16. The highest BCUT2D eigenvalue weighted by molar-refractivity contribution is 7.98. The number of thioether (sulfide) groups is 1. The van der Waals surface area contributed by atoms with Crippen LogP contribution in [0, 0.1) is 0 Å². The van der Waals surface area contributed by atoms with Crippen molar-refractivity contribution in [3.63, 3.8) is 0 Å².